The second-order valence-electron chi connectivity index (χ2n) is 4.11. The maximum atomic E-state index is 12.8. The molecule has 2 rings (SSSR count). The summed E-state index contributed by atoms with van der Waals surface area (Å²) in [7, 11) is 0. The van der Waals surface area contributed by atoms with Crippen molar-refractivity contribution in [3.63, 3.8) is 0 Å². The summed E-state index contributed by atoms with van der Waals surface area (Å²) in [6, 6.07) is 0. The summed E-state index contributed by atoms with van der Waals surface area (Å²) in [5.74, 6) is -9.65. The fraction of sp³-hybridized carbons (Fsp3) is 0.125. The Morgan fingerprint density at radius 2 is 1.26 bits per heavy atom. The molecule has 0 N–H and O–H groups in total. The average Bonchev–Trinajstić information content (AvgIpc) is 2.57. The van der Waals surface area contributed by atoms with Crippen LogP contribution in [0.5, 0.6) is 0 Å². The van der Waals surface area contributed by atoms with Crippen molar-refractivity contribution in [2.24, 2.45) is 0 Å². The molecule has 0 saturated heterocycles. The zero-order chi connectivity index (χ0) is 17.4. The molecule has 0 aliphatic heterocycles. The molecule has 0 saturated carbocycles. The average molecular weight is 328 g/mol. The maximum absolute atomic E-state index is 12.8. The van der Waals surface area contributed by atoms with Gasteiger partial charge in [0, 0.05) is 12.4 Å². The fourth-order valence-corrected chi connectivity index (χ4v) is 1.50. The third kappa shape index (κ3) is 4.70. The minimum absolute atomic E-state index is 0.816. The van der Waals surface area contributed by atoms with Crippen LogP contribution in [0.25, 0.3) is 12.2 Å². The van der Waals surface area contributed by atoms with Gasteiger partial charge in [-0.25, -0.2) is 22.0 Å². The number of hydrogen-bond donors (Lipinski definition) is 0. The zero-order valence-electron chi connectivity index (χ0n) is 12.3. The van der Waals surface area contributed by atoms with E-state index in [4.69, 9.17) is 0 Å². The van der Waals surface area contributed by atoms with Crippen molar-refractivity contribution < 1.29 is 22.0 Å². The Bertz CT molecular complexity index is 683. The summed E-state index contributed by atoms with van der Waals surface area (Å²) < 4.78 is 63.2. The quantitative estimate of drug-likeness (QED) is 0.444. The predicted molar refractivity (Wildman–Crippen MR) is 77.7 cm³/mol. The van der Waals surface area contributed by atoms with Gasteiger partial charge in [0.15, 0.2) is 23.3 Å². The lowest BCUT2D eigenvalue weighted by molar-refractivity contribution is 0.377. The van der Waals surface area contributed by atoms with Crippen LogP contribution < -0.4 is 0 Å². The standard InChI is InChI=1S/C9H5F5.C7H8N2/c1-2-3-4-5(10)7(12)9(14)8(13)6(4)11;1-2-3-7-6-8-4-5-9-7/h2-3H,1H3;2-6H,1H3/b2*3-2+. The van der Waals surface area contributed by atoms with E-state index in [1.165, 1.54) is 13.0 Å². The van der Waals surface area contributed by atoms with E-state index >= 15 is 0 Å². The van der Waals surface area contributed by atoms with Gasteiger partial charge in [-0.05, 0) is 19.9 Å². The van der Waals surface area contributed by atoms with Crippen LogP contribution in [0.15, 0.2) is 30.7 Å². The van der Waals surface area contributed by atoms with Gasteiger partial charge in [0.2, 0.25) is 5.82 Å². The topological polar surface area (TPSA) is 25.8 Å². The molecule has 0 amide bonds. The fourth-order valence-electron chi connectivity index (χ4n) is 1.50. The molecule has 122 valence electrons. The second kappa shape index (κ2) is 8.77. The second-order valence-corrected chi connectivity index (χ2v) is 4.11. The first kappa shape index (κ1) is 18.5. The molecule has 1 aromatic carbocycles. The number of rotatable bonds is 2. The molecule has 1 aromatic heterocycles. The number of halogens is 5. The highest BCUT2D eigenvalue weighted by molar-refractivity contribution is 5.51. The Morgan fingerprint density at radius 1 is 0.739 bits per heavy atom. The number of aromatic nitrogens is 2. The number of allylic oxidation sites excluding steroid dienone is 2. The lowest BCUT2D eigenvalue weighted by atomic mass is 10.1. The van der Waals surface area contributed by atoms with Gasteiger partial charge >= 0.3 is 0 Å². The van der Waals surface area contributed by atoms with Crippen LogP contribution in [-0.4, -0.2) is 9.97 Å². The van der Waals surface area contributed by atoms with Crippen molar-refractivity contribution in [3.05, 3.63) is 71.1 Å². The molecule has 0 unspecified atom stereocenters. The molecule has 1 heterocycles. The van der Waals surface area contributed by atoms with E-state index in [0.717, 1.165) is 11.8 Å². The molecule has 0 radical (unpaired) electrons. The Kier molecular flexibility index (Phi) is 7.05. The monoisotopic (exact) mass is 328 g/mol. The first-order valence-corrected chi connectivity index (χ1v) is 6.46. The van der Waals surface area contributed by atoms with Crippen LogP contribution in [0, 0.1) is 29.1 Å². The highest BCUT2D eigenvalue weighted by atomic mass is 19.2. The Labute approximate surface area is 130 Å². The summed E-state index contributed by atoms with van der Waals surface area (Å²) in [4.78, 5) is 7.91. The van der Waals surface area contributed by atoms with Crippen molar-refractivity contribution in [2.75, 3.05) is 0 Å². The highest BCUT2D eigenvalue weighted by Gasteiger charge is 2.23. The first-order valence-electron chi connectivity index (χ1n) is 6.46. The molecule has 0 aliphatic carbocycles. The molecule has 23 heavy (non-hydrogen) atoms. The maximum Gasteiger partial charge on any atom is 0.200 e. The smallest absolute Gasteiger partial charge is 0.200 e. The molecule has 0 atom stereocenters. The van der Waals surface area contributed by atoms with Gasteiger partial charge in [-0.1, -0.05) is 18.2 Å². The van der Waals surface area contributed by atoms with Crippen molar-refractivity contribution in [3.8, 4) is 0 Å². The van der Waals surface area contributed by atoms with Gasteiger partial charge in [0.1, 0.15) is 0 Å². The SMILES string of the molecule is C/C=C/c1c(F)c(F)c(F)c(F)c1F.C/C=C/c1cnccn1. The summed E-state index contributed by atoms with van der Waals surface area (Å²) in [6.07, 6.45) is 10.9. The molecule has 0 aliphatic rings. The lowest BCUT2D eigenvalue weighted by Crippen LogP contribution is -2.03. The Hall–Kier alpha value is -2.57. The van der Waals surface area contributed by atoms with E-state index in [9.17, 15) is 22.0 Å². The predicted octanol–water partition coefficient (Wildman–Crippen LogP) is 4.92. The minimum atomic E-state index is -2.15. The van der Waals surface area contributed by atoms with Crippen molar-refractivity contribution in [2.45, 2.75) is 13.8 Å². The third-order valence-corrected chi connectivity index (χ3v) is 2.50. The van der Waals surface area contributed by atoms with E-state index < -0.39 is 34.6 Å². The van der Waals surface area contributed by atoms with E-state index in [2.05, 4.69) is 9.97 Å². The van der Waals surface area contributed by atoms with Crippen LogP contribution >= 0.6 is 0 Å². The van der Waals surface area contributed by atoms with E-state index in [0.29, 0.717) is 0 Å². The van der Waals surface area contributed by atoms with Crippen LogP contribution in [0.2, 0.25) is 0 Å². The molecule has 0 bridgehead atoms. The van der Waals surface area contributed by atoms with E-state index in [1.807, 2.05) is 19.1 Å². The molecule has 0 spiro atoms. The molecule has 0 fully saturated rings. The lowest BCUT2D eigenvalue weighted by Gasteiger charge is -2.03. The Morgan fingerprint density at radius 3 is 1.70 bits per heavy atom. The first-order chi connectivity index (χ1) is 10.9. The van der Waals surface area contributed by atoms with Gasteiger partial charge in [0.05, 0.1) is 17.5 Å². The summed E-state index contributed by atoms with van der Waals surface area (Å²) in [5.41, 5.74) is -0.0242. The largest absolute Gasteiger partial charge is 0.261 e. The third-order valence-electron chi connectivity index (χ3n) is 2.50. The molecular weight excluding hydrogens is 315 g/mol. The minimum Gasteiger partial charge on any atom is -0.261 e. The number of nitrogens with zero attached hydrogens (tertiary/aromatic N) is 2. The molecule has 2 nitrogen and oxygen atoms in total. The van der Waals surface area contributed by atoms with E-state index in [1.54, 1.807) is 18.6 Å². The van der Waals surface area contributed by atoms with Gasteiger partial charge in [-0.2, -0.15) is 0 Å². The molecule has 7 heteroatoms. The Balaban J connectivity index is 0.000000253. The highest BCUT2D eigenvalue weighted by Crippen LogP contribution is 2.23. The van der Waals surface area contributed by atoms with Gasteiger partial charge < -0.3 is 0 Å². The van der Waals surface area contributed by atoms with E-state index in [-0.39, 0.29) is 0 Å². The van der Waals surface area contributed by atoms with Crippen LogP contribution in [-0.2, 0) is 0 Å². The van der Waals surface area contributed by atoms with Crippen molar-refractivity contribution in [1.82, 2.24) is 9.97 Å². The number of hydrogen-bond acceptors (Lipinski definition) is 2. The molecule has 2 aromatic rings. The van der Waals surface area contributed by atoms with Crippen LogP contribution in [0.1, 0.15) is 25.1 Å². The summed E-state index contributed by atoms with van der Waals surface area (Å²) >= 11 is 0. The van der Waals surface area contributed by atoms with Crippen LogP contribution in [0.4, 0.5) is 22.0 Å². The van der Waals surface area contributed by atoms with Gasteiger partial charge in [-0.3, -0.25) is 9.97 Å². The van der Waals surface area contributed by atoms with Crippen molar-refractivity contribution >= 4 is 12.2 Å². The molecular formula is C16H13F5N2. The summed E-state index contributed by atoms with van der Waals surface area (Å²) in [6.45, 7) is 3.35. The van der Waals surface area contributed by atoms with Crippen molar-refractivity contribution in [1.29, 1.82) is 0 Å². The summed E-state index contributed by atoms with van der Waals surface area (Å²) in [5, 5.41) is 0. The van der Waals surface area contributed by atoms with Gasteiger partial charge in [0.25, 0.3) is 0 Å². The van der Waals surface area contributed by atoms with Gasteiger partial charge in [-0.15, -0.1) is 0 Å². The number of benzene rings is 1. The normalized spacial score (nSPS) is 10.9. The zero-order valence-corrected chi connectivity index (χ0v) is 12.3. The van der Waals surface area contributed by atoms with Crippen LogP contribution in [0.3, 0.4) is 0 Å².